The van der Waals surface area contributed by atoms with E-state index < -0.39 is 11.2 Å². The molecule has 1 amide bonds. The van der Waals surface area contributed by atoms with Crippen LogP contribution in [0, 0.1) is 0 Å². The largest absolute Gasteiger partial charge is 0.397 e. The molecule has 31 heteroatoms. The Kier molecular flexibility index (Phi) is 18.2. The van der Waals surface area contributed by atoms with Crippen LogP contribution in [0.3, 0.4) is 0 Å². The number of aliphatic imine (C=N–C) groups is 3. The maximum Gasteiger partial charge on any atom is 0.384 e. The highest BCUT2D eigenvalue weighted by molar-refractivity contribution is 6.03. The molecule has 4 aliphatic rings. The first kappa shape index (κ1) is 60.4. The van der Waals surface area contributed by atoms with Crippen LogP contribution in [0.2, 0.25) is 0 Å². The van der Waals surface area contributed by atoms with E-state index in [9.17, 15) is 28.8 Å². The van der Waals surface area contributed by atoms with Crippen molar-refractivity contribution in [3.63, 3.8) is 0 Å². The van der Waals surface area contributed by atoms with Gasteiger partial charge in [0.25, 0.3) is 22.7 Å². The van der Waals surface area contributed by atoms with Crippen molar-refractivity contribution in [2.75, 3.05) is 22.1 Å². The van der Waals surface area contributed by atoms with Gasteiger partial charge in [-0.15, -0.1) is 0 Å². The highest BCUT2D eigenvalue weighted by Crippen LogP contribution is 2.26. The molecule has 2 atom stereocenters. The first-order valence-corrected chi connectivity index (χ1v) is 26.6. The predicted molar refractivity (Wildman–Crippen MR) is 318 cm³/mol. The van der Waals surface area contributed by atoms with E-state index >= 15 is 0 Å². The molecule has 12 rings (SSSR count). The third kappa shape index (κ3) is 13.2. The van der Waals surface area contributed by atoms with Crippen LogP contribution in [0.5, 0.6) is 0 Å². The average molecular weight is 1140 g/mol. The second-order valence-corrected chi connectivity index (χ2v) is 20.9. The molecule has 14 N–H and O–H groups in total. The van der Waals surface area contributed by atoms with Gasteiger partial charge in [-0.1, -0.05) is 13.2 Å². The maximum atomic E-state index is 11.6. The molecule has 0 bridgehead atoms. The molecule has 0 spiro atoms. The minimum Gasteiger partial charge on any atom is -0.397 e. The number of amides is 1. The number of Topliss-reactive ketones (excluding diaryl/α,β-unsaturated/α-hetero) is 1. The lowest BCUT2D eigenvalue weighted by atomic mass is 10.1. The molecule has 31 nitrogen and oxygen atoms in total. The normalized spacial score (nSPS) is 15.8. The maximum absolute atomic E-state index is 11.6. The molecule has 4 aliphatic heterocycles. The summed E-state index contributed by atoms with van der Waals surface area (Å²) in [7, 11) is 0. The Bertz CT molecular complexity index is 4050. The standard InChI is InChI=1S/C9H13N5.C9H12N4O2.C9H12N4.C9H13N3O.C8H11N5O.C8H10N4O2/c1-5(2)14-4-11-7-8(10)12-6(3)13-9(7)14;1-4(2)13-7-6(12-9(13)15)8(14)11-5(3)10-7;1-6(2)13-5-12-8-7(10)3-4-11-9(8)13;1-6(2)12-5-11-8-7(13)3-4-10-9(8)12;1-4(2)13-3-10-5-6(13)11-8(9)12-7(5)14;1-4(2)12-3-9-5-6(12)10-8(14)11-7(5)13/h4-5,13H,3H2,1-2H3,(H2,10,12);4,10H,3H2,1-2H3,(H,11,14)(H,12,15);3-6H,1-2H3,(H2,10,11);4-6,8-9H,3H2,1-2H3;3-4H,1-2H3,(H3,9,11,12,14);3-4H,1-2H3,(H2,10,11,13,14)/p+1. The summed E-state index contributed by atoms with van der Waals surface area (Å²) in [6, 6.07) is 2.92. The van der Waals surface area contributed by atoms with Crippen LogP contribution in [0.25, 0.3) is 33.5 Å². The van der Waals surface area contributed by atoms with Gasteiger partial charge in [0.1, 0.15) is 34.5 Å². The highest BCUT2D eigenvalue weighted by atomic mass is 16.2. The van der Waals surface area contributed by atoms with Crippen molar-refractivity contribution in [2.45, 2.75) is 138 Å². The van der Waals surface area contributed by atoms with Gasteiger partial charge in [0.05, 0.1) is 37.0 Å². The van der Waals surface area contributed by atoms with E-state index in [0.717, 1.165) is 17.0 Å². The van der Waals surface area contributed by atoms with Crippen LogP contribution < -0.4 is 60.2 Å². The molecule has 0 saturated carbocycles. The van der Waals surface area contributed by atoms with Gasteiger partial charge in [-0.25, -0.2) is 44.1 Å². The molecule has 0 aromatic carbocycles. The number of ketones is 1. The van der Waals surface area contributed by atoms with E-state index in [2.05, 4.69) is 135 Å². The van der Waals surface area contributed by atoms with Crippen LogP contribution >= 0.6 is 0 Å². The van der Waals surface area contributed by atoms with Crippen molar-refractivity contribution in [3.05, 3.63) is 115 Å². The van der Waals surface area contributed by atoms with Crippen molar-refractivity contribution >= 4 is 86.8 Å². The summed E-state index contributed by atoms with van der Waals surface area (Å²) in [6.07, 6.45) is 12.3. The Balaban J connectivity index is 0.000000143. The van der Waals surface area contributed by atoms with Crippen molar-refractivity contribution in [2.24, 2.45) is 20.7 Å². The number of nitrogens with one attached hydrogen (secondary N) is 8. The number of carbonyl (C=O) groups is 2. The van der Waals surface area contributed by atoms with Crippen molar-refractivity contribution in [1.29, 1.82) is 0 Å². The monoisotopic (exact) mass is 1140 g/mol. The fraction of sp³-hybridized carbons (Fsp3) is 0.404. The molecule has 440 valence electrons. The van der Waals surface area contributed by atoms with Crippen LogP contribution in [0.15, 0.2) is 96.5 Å². The minimum absolute atomic E-state index is 0.0244. The van der Waals surface area contributed by atoms with E-state index in [1.54, 1.807) is 59.3 Å². The number of aromatic amines is 5. The first-order chi connectivity index (χ1) is 39.2. The number of hydrogen-bond acceptors (Lipinski definition) is 20. The second kappa shape index (κ2) is 25.1. The third-order valence-corrected chi connectivity index (χ3v) is 12.9. The molecule has 0 fully saturated rings. The lowest BCUT2D eigenvalue weighted by Gasteiger charge is -2.28. The number of nitrogen functional groups attached to an aromatic ring is 2. The average Bonchev–Trinajstić information content (AvgIpc) is 4.43. The molecule has 0 radical (unpaired) electrons. The van der Waals surface area contributed by atoms with Gasteiger partial charge in [0.2, 0.25) is 11.5 Å². The number of amidine groups is 1. The number of nitrogens with zero attached hydrogens (tertiary/aromatic N) is 14. The number of aromatic nitrogens is 15. The number of H-pyrrole nitrogens is 5. The SMILES string of the molecule is C=C1N=C(N)c2ncn(C(C)C)c2N1.C=C1NC(=O)c2[nH]c(=O)n(C(C)C)c2N1.CC(C)N1C=NC2C(=O)CC=NC21.CC(C)[n+]1c[nH]c2c(=O)[nH]c(=O)[nH]c21.CC(C)n1cnc2c(=O)[nH]c(N)nc21.CC(C)n1cnc2c(N)ccnc21. The van der Waals surface area contributed by atoms with Crippen LogP contribution in [0.1, 0.15) is 136 Å². The van der Waals surface area contributed by atoms with Gasteiger partial charge in [0, 0.05) is 49.0 Å². The Morgan fingerprint density at radius 1 is 0.675 bits per heavy atom. The Hall–Kier alpha value is -10.2. The lowest BCUT2D eigenvalue weighted by molar-refractivity contribution is -0.693. The van der Waals surface area contributed by atoms with E-state index in [1.807, 2.05) is 55.6 Å². The van der Waals surface area contributed by atoms with Gasteiger partial charge in [0.15, 0.2) is 52.7 Å². The zero-order chi connectivity index (χ0) is 60.9. The number of nitrogens with two attached hydrogens (primary N) is 3. The van der Waals surface area contributed by atoms with Crippen LogP contribution in [-0.4, -0.2) is 121 Å². The molecule has 0 saturated heterocycles. The zero-order valence-corrected chi connectivity index (χ0v) is 48.3. The Morgan fingerprint density at radius 3 is 1.96 bits per heavy atom. The summed E-state index contributed by atoms with van der Waals surface area (Å²) in [5, 5.41) is 8.41. The summed E-state index contributed by atoms with van der Waals surface area (Å²) in [4.78, 5) is 116. The molecular formula is C52H72N25O6+. The number of hydrogen-bond donors (Lipinski definition) is 11. The molecule has 0 aliphatic carbocycles. The van der Waals surface area contributed by atoms with Crippen molar-refractivity contribution in [1.82, 2.24) is 78.3 Å². The van der Waals surface area contributed by atoms with E-state index in [0.29, 0.717) is 81.6 Å². The summed E-state index contributed by atoms with van der Waals surface area (Å²) in [5.74, 6) is 2.65. The Morgan fingerprint density at radius 2 is 1.33 bits per heavy atom. The minimum atomic E-state index is -0.489. The quantitative estimate of drug-likeness (QED) is 0.106. The highest BCUT2D eigenvalue weighted by Gasteiger charge is 2.38. The molecule has 83 heavy (non-hydrogen) atoms. The van der Waals surface area contributed by atoms with Crippen molar-refractivity contribution < 1.29 is 14.2 Å². The van der Waals surface area contributed by atoms with Gasteiger partial charge in [-0.05, 0) is 89.2 Å². The first-order valence-electron chi connectivity index (χ1n) is 26.6. The zero-order valence-electron chi connectivity index (χ0n) is 48.3. The summed E-state index contributed by atoms with van der Waals surface area (Å²) < 4.78 is 9.10. The molecule has 8 aromatic heterocycles. The van der Waals surface area contributed by atoms with E-state index in [1.165, 1.54) is 4.57 Å². The summed E-state index contributed by atoms with van der Waals surface area (Å²) >= 11 is 0. The lowest BCUT2D eigenvalue weighted by Crippen LogP contribution is -2.44. The van der Waals surface area contributed by atoms with Crippen LogP contribution in [0.4, 0.5) is 23.3 Å². The number of imidazole rings is 5. The number of fused-ring (bicyclic) bond motifs is 6. The van der Waals surface area contributed by atoms with Crippen LogP contribution in [-0.2, 0) is 4.79 Å². The number of rotatable bonds is 6. The Labute approximate surface area is 474 Å². The second-order valence-electron chi connectivity index (χ2n) is 20.9. The summed E-state index contributed by atoms with van der Waals surface area (Å²) in [6.45, 7) is 31.4. The van der Waals surface area contributed by atoms with Gasteiger partial charge in [-0.3, -0.25) is 53.7 Å². The molecule has 2 unspecified atom stereocenters. The smallest absolute Gasteiger partial charge is 0.384 e. The van der Waals surface area contributed by atoms with Gasteiger partial charge >= 0.3 is 11.4 Å². The predicted octanol–water partition coefficient (Wildman–Crippen LogP) is 3.22. The van der Waals surface area contributed by atoms with Gasteiger partial charge < -0.3 is 51.8 Å². The topological polar surface area (TPSA) is 424 Å². The van der Waals surface area contributed by atoms with E-state index in [4.69, 9.17) is 17.2 Å². The fourth-order valence-electron chi connectivity index (χ4n) is 8.76. The van der Waals surface area contributed by atoms with E-state index in [-0.39, 0.29) is 64.9 Å². The number of pyridine rings is 1. The van der Waals surface area contributed by atoms with Crippen molar-refractivity contribution in [3.8, 4) is 0 Å². The summed E-state index contributed by atoms with van der Waals surface area (Å²) in [5.41, 5.74) is 20.5. The number of carbonyl (C=O) groups excluding carboxylic acids is 2. The molecule has 12 heterocycles. The fourth-order valence-corrected chi connectivity index (χ4v) is 8.76. The molecule has 8 aromatic rings. The van der Waals surface area contributed by atoms with Gasteiger partial charge in [-0.2, -0.15) is 4.98 Å². The number of anilines is 4. The molecular weight excluding hydrogens is 1070 g/mol. The third-order valence-electron chi connectivity index (χ3n) is 12.9.